The molecular weight excluding hydrogens is 464 g/mol. The molecule has 1 aliphatic heterocycles. The van der Waals surface area contributed by atoms with Crippen molar-refractivity contribution in [3.63, 3.8) is 0 Å². The highest BCUT2D eigenvalue weighted by molar-refractivity contribution is 7.14. The SMILES string of the molecule is COc1ccc(C2=NN(c3nc(-c4ccc(F)cc4)cs3)C(c3ccc(Cl)cc3)C2)cc1F. The fraction of sp³-hybridized carbons (Fsp3) is 0.120. The van der Waals surface area contributed by atoms with Crippen LogP contribution < -0.4 is 9.75 Å². The lowest BCUT2D eigenvalue weighted by Crippen LogP contribution is -2.18. The van der Waals surface area contributed by atoms with E-state index < -0.39 is 5.82 Å². The molecule has 4 aromatic rings. The van der Waals surface area contributed by atoms with E-state index in [-0.39, 0.29) is 17.6 Å². The average molecular weight is 482 g/mol. The van der Waals surface area contributed by atoms with Gasteiger partial charge in [-0.05, 0) is 60.2 Å². The Morgan fingerprint density at radius 3 is 2.42 bits per heavy atom. The first kappa shape index (κ1) is 21.6. The van der Waals surface area contributed by atoms with Gasteiger partial charge in [-0.25, -0.2) is 18.8 Å². The maximum Gasteiger partial charge on any atom is 0.207 e. The van der Waals surface area contributed by atoms with E-state index in [1.54, 1.807) is 24.3 Å². The van der Waals surface area contributed by atoms with Crippen molar-refractivity contribution in [2.24, 2.45) is 5.10 Å². The van der Waals surface area contributed by atoms with Crippen molar-refractivity contribution in [1.29, 1.82) is 0 Å². The van der Waals surface area contributed by atoms with Crippen LogP contribution in [0.5, 0.6) is 5.75 Å². The normalized spacial score (nSPS) is 15.6. The predicted molar refractivity (Wildman–Crippen MR) is 128 cm³/mol. The van der Waals surface area contributed by atoms with Crippen molar-refractivity contribution in [3.8, 4) is 17.0 Å². The average Bonchev–Trinajstić information content (AvgIpc) is 3.48. The second-order valence-corrected chi connectivity index (χ2v) is 8.81. The molecule has 8 heteroatoms. The summed E-state index contributed by atoms with van der Waals surface area (Å²) in [6.07, 6.45) is 0.568. The van der Waals surface area contributed by atoms with Gasteiger partial charge in [0, 0.05) is 28.0 Å². The van der Waals surface area contributed by atoms with E-state index in [2.05, 4.69) is 0 Å². The molecule has 4 nitrogen and oxygen atoms in total. The second-order valence-electron chi connectivity index (χ2n) is 7.53. The fourth-order valence-corrected chi connectivity index (χ4v) is 4.73. The smallest absolute Gasteiger partial charge is 0.207 e. The number of hydrogen-bond donors (Lipinski definition) is 0. The third-order valence-electron chi connectivity index (χ3n) is 5.48. The zero-order chi connectivity index (χ0) is 22.9. The van der Waals surface area contributed by atoms with Crippen molar-refractivity contribution >= 4 is 33.8 Å². The third-order valence-corrected chi connectivity index (χ3v) is 6.56. The summed E-state index contributed by atoms with van der Waals surface area (Å²) in [4.78, 5) is 4.75. The van der Waals surface area contributed by atoms with Crippen LogP contribution in [0.2, 0.25) is 5.02 Å². The van der Waals surface area contributed by atoms with Gasteiger partial charge in [0.1, 0.15) is 5.82 Å². The number of thiazole rings is 1. The lowest BCUT2D eigenvalue weighted by molar-refractivity contribution is 0.386. The molecule has 0 saturated heterocycles. The molecule has 3 aromatic carbocycles. The van der Waals surface area contributed by atoms with E-state index in [0.717, 1.165) is 22.5 Å². The van der Waals surface area contributed by atoms with Crippen LogP contribution in [0.25, 0.3) is 11.3 Å². The minimum Gasteiger partial charge on any atom is -0.494 e. The summed E-state index contributed by atoms with van der Waals surface area (Å²) in [7, 11) is 1.44. The van der Waals surface area contributed by atoms with E-state index in [1.807, 2.05) is 34.7 Å². The molecule has 0 spiro atoms. The quantitative estimate of drug-likeness (QED) is 0.305. The van der Waals surface area contributed by atoms with E-state index in [0.29, 0.717) is 22.1 Å². The summed E-state index contributed by atoms with van der Waals surface area (Å²) in [6, 6.07) is 18.5. The molecule has 166 valence electrons. The summed E-state index contributed by atoms with van der Waals surface area (Å²) in [5.74, 6) is -0.545. The highest BCUT2D eigenvalue weighted by Crippen LogP contribution is 2.40. The lowest BCUT2D eigenvalue weighted by atomic mass is 9.98. The number of methoxy groups -OCH3 is 1. The molecule has 5 rings (SSSR count). The summed E-state index contributed by atoms with van der Waals surface area (Å²) >= 11 is 7.54. The molecule has 0 radical (unpaired) electrons. The number of ether oxygens (including phenoxy) is 1. The topological polar surface area (TPSA) is 37.7 Å². The minimum absolute atomic E-state index is 0.130. The highest BCUT2D eigenvalue weighted by Gasteiger charge is 2.32. The molecule has 2 heterocycles. The molecule has 0 fully saturated rings. The summed E-state index contributed by atoms with van der Waals surface area (Å²) in [5, 5.41) is 9.94. The van der Waals surface area contributed by atoms with E-state index in [1.165, 1.54) is 36.6 Å². The molecular formula is C25H18ClF2N3OS. The van der Waals surface area contributed by atoms with Gasteiger partial charge in [0.2, 0.25) is 5.13 Å². The van der Waals surface area contributed by atoms with Crippen molar-refractivity contribution in [2.75, 3.05) is 12.1 Å². The van der Waals surface area contributed by atoms with Gasteiger partial charge in [-0.15, -0.1) is 11.3 Å². The lowest BCUT2D eigenvalue weighted by Gasteiger charge is -2.21. The number of benzene rings is 3. The molecule has 0 amide bonds. The Bertz CT molecular complexity index is 1320. The first-order valence-corrected chi connectivity index (χ1v) is 11.4. The van der Waals surface area contributed by atoms with Crippen LogP contribution >= 0.6 is 22.9 Å². The Hall–Kier alpha value is -3.29. The molecule has 1 atom stereocenters. The Morgan fingerprint density at radius 2 is 1.73 bits per heavy atom. The Morgan fingerprint density at radius 1 is 1.00 bits per heavy atom. The molecule has 1 aliphatic rings. The largest absolute Gasteiger partial charge is 0.494 e. The first-order chi connectivity index (χ1) is 16.0. The molecule has 0 N–H and O–H groups in total. The van der Waals surface area contributed by atoms with Crippen molar-refractivity contribution in [3.05, 3.63) is 99.9 Å². The van der Waals surface area contributed by atoms with Gasteiger partial charge < -0.3 is 4.74 Å². The molecule has 1 unspecified atom stereocenters. The van der Waals surface area contributed by atoms with Gasteiger partial charge in [0.05, 0.1) is 24.6 Å². The van der Waals surface area contributed by atoms with Gasteiger partial charge >= 0.3 is 0 Å². The second kappa shape index (κ2) is 8.92. The first-order valence-electron chi connectivity index (χ1n) is 10.2. The Kier molecular flexibility index (Phi) is 5.83. The number of halogens is 3. The van der Waals surface area contributed by atoms with Crippen LogP contribution in [0.3, 0.4) is 0 Å². The Balaban J connectivity index is 1.53. The van der Waals surface area contributed by atoms with Crippen molar-refractivity contribution in [2.45, 2.75) is 12.5 Å². The number of aromatic nitrogens is 1. The van der Waals surface area contributed by atoms with Gasteiger partial charge in [-0.2, -0.15) is 5.10 Å². The minimum atomic E-state index is -0.438. The van der Waals surface area contributed by atoms with Crippen LogP contribution in [-0.4, -0.2) is 17.8 Å². The van der Waals surface area contributed by atoms with Crippen molar-refractivity contribution < 1.29 is 13.5 Å². The predicted octanol–water partition coefficient (Wildman–Crippen LogP) is 7.11. The van der Waals surface area contributed by atoms with E-state index in [9.17, 15) is 8.78 Å². The van der Waals surface area contributed by atoms with Gasteiger partial charge in [-0.1, -0.05) is 23.7 Å². The van der Waals surface area contributed by atoms with Crippen LogP contribution in [0.15, 0.2) is 77.2 Å². The van der Waals surface area contributed by atoms with Gasteiger partial charge in [-0.3, -0.25) is 0 Å². The van der Waals surface area contributed by atoms with Gasteiger partial charge in [0.25, 0.3) is 0 Å². The van der Waals surface area contributed by atoms with Crippen LogP contribution in [0.4, 0.5) is 13.9 Å². The molecule has 33 heavy (non-hydrogen) atoms. The van der Waals surface area contributed by atoms with E-state index >= 15 is 0 Å². The van der Waals surface area contributed by atoms with E-state index in [4.69, 9.17) is 26.4 Å². The Labute approximate surface area is 198 Å². The number of rotatable bonds is 5. The number of nitrogens with zero attached hydrogens (tertiary/aromatic N) is 3. The maximum absolute atomic E-state index is 14.4. The molecule has 0 aliphatic carbocycles. The fourth-order valence-electron chi connectivity index (χ4n) is 3.77. The monoisotopic (exact) mass is 481 g/mol. The number of anilines is 1. The highest BCUT2D eigenvalue weighted by atomic mass is 35.5. The zero-order valence-electron chi connectivity index (χ0n) is 17.5. The summed E-state index contributed by atoms with van der Waals surface area (Å²) in [6.45, 7) is 0. The van der Waals surface area contributed by atoms with Crippen LogP contribution in [0.1, 0.15) is 23.6 Å². The molecule has 0 bridgehead atoms. The number of hydrogen-bond acceptors (Lipinski definition) is 5. The van der Waals surface area contributed by atoms with Crippen molar-refractivity contribution in [1.82, 2.24) is 4.98 Å². The number of hydrazone groups is 1. The third kappa shape index (κ3) is 4.34. The van der Waals surface area contributed by atoms with Crippen LogP contribution in [0, 0.1) is 11.6 Å². The molecule has 0 saturated carbocycles. The summed E-state index contributed by atoms with van der Waals surface area (Å²) in [5.41, 5.74) is 4.01. The zero-order valence-corrected chi connectivity index (χ0v) is 19.1. The summed E-state index contributed by atoms with van der Waals surface area (Å²) < 4.78 is 32.7. The van der Waals surface area contributed by atoms with Crippen LogP contribution in [-0.2, 0) is 0 Å². The standard InChI is InChI=1S/C25H18ClF2N3OS/c1-32-24-11-6-17(12-20(24)28)21-13-23(16-2-7-18(26)8-3-16)31(30-21)25-29-22(14-33-25)15-4-9-19(27)10-5-15/h2-12,14,23H,13H2,1H3. The maximum atomic E-state index is 14.4. The van der Waals surface area contributed by atoms with Gasteiger partial charge in [0.15, 0.2) is 11.6 Å². The molecule has 1 aromatic heterocycles.